The van der Waals surface area contributed by atoms with Gasteiger partial charge in [0, 0.05) is 23.9 Å². The SMILES string of the molecule is COC(=O)[C@@H]1CN(C(=O)CSc2nncn2-c2cccc(Cl)c2)CCS1. The van der Waals surface area contributed by atoms with Crippen LogP contribution in [-0.4, -0.2) is 68.5 Å². The number of carbonyl (C=O) groups excluding carboxylic acids is 2. The third-order valence-corrected chi connectivity index (χ3v) is 6.14. The van der Waals surface area contributed by atoms with Crippen LogP contribution in [0.2, 0.25) is 5.02 Å². The van der Waals surface area contributed by atoms with Gasteiger partial charge in [0.15, 0.2) is 5.16 Å². The number of halogens is 1. The van der Waals surface area contributed by atoms with Crippen molar-refractivity contribution in [2.24, 2.45) is 0 Å². The first kappa shape index (κ1) is 19.1. The van der Waals surface area contributed by atoms with Gasteiger partial charge in [-0.15, -0.1) is 22.0 Å². The van der Waals surface area contributed by atoms with Crippen molar-refractivity contribution in [3.05, 3.63) is 35.6 Å². The Balaban J connectivity index is 1.62. The van der Waals surface area contributed by atoms with Crippen LogP contribution in [0.1, 0.15) is 0 Å². The van der Waals surface area contributed by atoms with Gasteiger partial charge in [-0.25, -0.2) is 0 Å². The van der Waals surface area contributed by atoms with Crippen LogP contribution in [0.15, 0.2) is 35.7 Å². The standard InChI is InChI=1S/C16H17ClN4O3S2/c1-24-15(23)13-8-20(5-6-25-13)14(22)9-26-16-19-18-10-21(16)12-4-2-3-11(17)7-12/h2-4,7,10,13H,5-6,8-9H2,1H3/t13-/m0/s1. The molecule has 0 radical (unpaired) electrons. The molecule has 0 saturated carbocycles. The molecule has 10 heteroatoms. The number of methoxy groups -OCH3 is 1. The quantitative estimate of drug-likeness (QED) is 0.549. The van der Waals surface area contributed by atoms with E-state index in [1.807, 2.05) is 12.1 Å². The molecular formula is C16H17ClN4O3S2. The van der Waals surface area contributed by atoms with Crippen LogP contribution in [0.4, 0.5) is 0 Å². The smallest absolute Gasteiger partial charge is 0.320 e. The summed E-state index contributed by atoms with van der Waals surface area (Å²) >= 11 is 8.86. The first-order valence-electron chi connectivity index (χ1n) is 7.84. The third-order valence-electron chi connectivity index (χ3n) is 3.81. The molecule has 1 aromatic carbocycles. The first-order valence-corrected chi connectivity index (χ1v) is 10.3. The Bertz CT molecular complexity index is 801. The van der Waals surface area contributed by atoms with Crippen LogP contribution in [0.3, 0.4) is 0 Å². The molecule has 0 N–H and O–H groups in total. The van der Waals surface area contributed by atoms with Gasteiger partial charge >= 0.3 is 5.97 Å². The van der Waals surface area contributed by atoms with Crippen LogP contribution in [0.5, 0.6) is 0 Å². The highest BCUT2D eigenvalue weighted by Crippen LogP contribution is 2.24. The third kappa shape index (κ3) is 4.52. The van der Waals surface area contributed by atoms with Gasteiger partial charge in [0.2, 0.25) is 5.91 Å². The molecule has 0 bridgehead atoms. The Morgan fingerprint density at radius 2 is 2.31 bits per heavy atom. The maximum absolute atomic E-state index is 12.5. The lowest BCUT2D eigenvalue weighted by Crippen LogP contribution is -2.45. The predicted molar refractivity (Wildman–Crippen MR) is 102 cm³/mol. The second-order valence-electron chi connectivity index (χ2n) is 5.47. The van der Waals surface area contributed by atoms with Crippen molar-refractivity contribution in [2.45, 2.75) is 10.4 Å². The molecule has 1 aliphatic rings. The molecule has 2 aromatic rings. The number of rotatable bonds is 5. The summed E-state index contributed by atoms with van der Waals surface area (Å²) in [5.74, 6) is 0.609. The van der Waals surface area contributed by atoms with Crippen molar-refractivity contribution < 1.29 is 14.3 Å². The minimum absolute atomic E-state index is 0.0372. The van der Waals surface area contributed by atoms with Crippen LogP contribution in [-0.2, 0) is 14.3 Å². The highest BCUT2D eigenvalue weighted by molar-refractivity contribution is 8.00. The summed E-state index contributed by atoms with van der Waals surface area (Å²) < 4.78 is 6.56. The Kier molecular flexibility index (Phi) is 6.44. The van der Waals surface area contributed by atoms with Gasteiger partial charge in [-0.05, 0) is 18.2 Å². The number of aromatic nitrogens is 3. The van der Waals surface area contributed by atoms with E-state index >= 15 is 0 Å². The van der Waals surface area contributed by atoms with Gasteiger partial charge in [-0.3, -0.25) is 14.2 Å². The van der Waals surface area contributed by atoms with E-state index in [9.17, 15) is 9.59 Å². The number of hydrogen-bond donors (Lipinski definition) is 0. The lowest BCUT2D eigenvalue weighted by atomic mass is 10.3. The van der Waals surface area contributed by atoms with E-state index in [4.69, 9.17) is 16.3 Å². The number of nitrogens with zero attached hydrogens (tertiary/aromatic N) is 4. The maximum Gasteiger partial charge on any atom is 0.320 e. The minimum Gasteiger partial charge on any atom is -0.468 e. The topological polar surface area (TPSA) is 77.3 Å². The van der Waals surface area contributed by atoms with Gasteiger partial charge in [0.1, 0.15) is 11.6 Å². The van der Waals surface area contributed by atoms with E-state index < -0.39 is 0 Å². The molecule has 2 heterocycles. The van der Waals surface area contributed by atoms with Crippen molar-refractivity contribution in [3.63, 3.8) is 0 Å². The Morgan fingerprint density at radius 3 is 3.08 bits per heavy atom. The van der Waals surface area contributed by atoms with E-state index in [1.165, 1.54) is 30.6 Å². The summed E-state index contributed by atoms with van der Waals surface area (Å²) in [6.07, 6.45) is 1.59. The summed E-state index contributed by atoms with van der Waals surface area (Å²) in [5, 5.41) is 8.90. The fourth-order valence-corrected chi connectivity index (χ4v) is 4.64. The number of thioether (sulfide) groups is 2. The molecule has 1 aliphatic heterocycles. The van der Waals surface area contributed by atoms with Crippen molar-refractivity contribution in [1.82, 2.24) is 19.7 Å². The lowest BCUT2D eigenvalue weighted by Gasteiger charge is -2.30. The number of amides is 1. The van der Waals surface area contributed by atoms with E-state index in [1.54, 1.807) is 27.9 Å². The fraction of sp³-hybridized carbons (Fsp3) is 0.375. The van der Waals surface area contributed by atoms with E-state index in [0.29, 0.717) is 23.3 Å². The molecule has 3 rings (SSSR count). The number of hydrogen-bond acceptors (Lipinski definition) is 7. The Labute approximate surface area is 164 Å². The summed E-state index contributed by atoms with van der Waals surface area (Å²) in [6, 6.07) is 7.33. The molecule has 7 nitrogen and oxygen atoms in total. The van der Waals surface area contributed by atoms with Gasteiger partial charge in [-0.2, -0.15) is 0 Å². The van der Waals surface area contributed by atoms with Crippen LogP contribution in [0, 0.1) is 0 Å². The summed E-state index contributed by atoms with van der Waals surface area (Å²) in [4.78, 5) is 25.9. The molecule has 1 amide bonds. The zero-order valence-corrected chi connectivity index (χ0v) is 16.4. The number of ether oxygens (including phenoxy) is 1. The second kappa shape index (κ2) is 8.79. The van der Waals surface area contributed by atoms with Crippen molar-refractivity contribution in [1.29, 1.82) is 0 Å². The minimum atomic E-state index is -0.321. The van der Waals surface area contributed by atoms with Gasteiger partial charge in [-0.1, -0.05) is 29.4 Å². The molecule has 26 heavy (non-hydrogen) atoms. The zero-order chi connectivity index (χ0) is 18.5. The highest BCUT2D eigenvalue weighted by atomic mass is 35.5. The van der Waals surface area contributed by atoms with Gasteiger partial charge in [0.25, 0.3) is 0 Å². The van der Waals surface area contributed by atoms with Gasteiger partial charge in [0.05, 0.1) is 18.6 Å². The molecule has 1 atom stereocenters. The lowest BCUT2D eigenvalue weighted by molar-refractivity contribution is -0.141. The zero-order valence-electron chi connectivity index (χ0n) is 14.0. The van der Waals surface area contributed by atoms with Crippen LogP contribution in [0.25, 0.3) is 5.69 Å². The number of carbonyl (C=O) groups is 2. The molecule has 138 valence electrons. The van der Waals surface area contributed by atoms with Crippen molar-refractivity contribution >= 4 is 47.0 Å². The summed E-state index contributed by atoms with van der Waals surface area (Å²) in [6.45, 7) is 0.996. The normalized spacial score (nSPS) is 17.2. The van der Waals surface area contributed by atoms with Crippen molar-refractivity contribution in [2.75, 3.05) is 31.7 Å². The summed E-state index contributed by atoms with van der Waals surface area (Å²) in [7, 11) is 1.36. The molecule has 1 fully saturated rings. The Hall–Kier alpha value is -1.71. The molecular weight excluding hydrogens is 396 g/mol. The maximum atomic E-state index is 12.5. The Morgan fingerprint density at radius 1 is 1.46 bits per heavy atom. The summed E-state index contributed by atoms with van der Waals surface area (Å²) in [5.41, 5.74) is 0.831. The fourth-order valence-electron chi connectivity index (χ4n) is 2.49. The predicted octanol–water partition coefficient (Wildman–Crippen LogP) is 2.13. The van der Waals surface area contributed by atoms with Crippen LogP contribution >= 0.6 is 35.1 Å². The van der Waals surface area contributed by atoms with E-state index in [2.05, 4.69) is 10.2 Å². The molecule has 0 spiro atoms. The average molecular weight is 413 g/mol. The largest absolute Gasteiger partial charge is 0.468 e. The molecule has 1 aromatic heterocycles. The average Bonchev–Trinajstić information content (AvgIpc) is 3.14. The van der Waals surface area contributed by atoms with E-state index in [0.717, 1.165) is 11.4 Å². The molecule has 0 unspecified atom stereocenters. The number of benzene rings is 1. The van der Waals surface area contributed by atoms with Crippen LogP contribution < -0.4 is 0 Å². The monoisotopic (exact) mass is 412 g/mol. The molecule has 1 saturated heterocycles. The van der Waals surface area contributed by atoms with E-state index in [-0.39, 0.29) is 22.9 Å². The highest BCUT2D eigenvalue weighted by Gasteiger charge is 2.29. The number of esters is 1. The van der Waals surface area contributed by atoms with Gasteiger partial charge < -0.3 is 9.64 Å². The second-order valence-corrected chi connectivity index (χ2v) is 8.16. The molecule has 0 aliphatic carbocycles. The first-order chi connectivity index (χ1) is 12.6. The van der Waals surface area contributed by atoms with Crippen molar-refractivity contribution in [3.8, 4) is 5.69 Å².